The van der Waals surface area contributed by atoms with Crippen molar-refractivity contribution < 1.29 is 19.1 Å². The van der Waals surface area contributed by atoms with E-state index in [1.807, 2.05) is 24.3 Å². The molecule has 43 heavy (non-hydrogen) atoms. The van der Waals surface area contributed by atoms with Crippen LogP contribution in [0.5, 0.6) is 5.75 Å². The monoisotopic (exact) mass is 579 g/mol. The van der Waals surface area contributed by atoms with Gasteiger partial charge in [0.25, 0.3) is 5.91 Å². The molecule has 9 heteroatoms. The molecule has 1 N–H and O–H groups in total. The number of ketones is 1. The van der Waals surface area contributed by atoms with E-state index in [4.69, 9.17) is 10.00 Å². The number of likely N-dealkylation sites (tertiary alicyclic amines) is 2. The Kier molecular flexibility index (Phi) is 9.80. The highest BCUT2D eigenvalue weighted by Gasteiger charge is 2.28. The van der Waals surface area contributed by atoms with Crippen molar-refractivity contribution in [1.82, 2.24) is 20.1 Å². The molecule has 0 unspecified atom stereocenters. The van der Waals surface area contributed by atoms with E-state index in [2.05, 4.69) is 21.3 Å². The highest BCUT2D eigenvalue weighted by Crippen LogP contribution is 2.24. The van der Waals surface area contributed by atoms with E-state index in [1.54, 1.807) is 48.4 Å². The van der Waals surface area contributed by atoms with Crippen molar-refractivity contribution in [2.75, 3.05) is 33.3 Å². The number of rotatable bonds is 9. The van der Waals surface area contributed by atoms with Crippen molar-refractivity contribution in [2.45, 2.75) is 44.7 Å². The molecule has 2 saturated heterocycles. The van der Waals surface area contributed by atoms with Crippen LogP contribution in [-0.2, 0) is 17.8 Å². The molecule has 3 heterocycles. The molecule has 5 rings (SSSR count). The highest BCUT2D eigenvalue weighted by molar-refractivity contribution is 5.98. The lowest BCUT2D eigenvalue weighted by molar-refractivity contribution is -0.131. The summed E-state index contributed by atoms with van der Waals surface area (Å²) in [6.45, 7) is 3.68. The normalized spacial score (nSPS) is 16.3. The van der Waals surface area contributed by atoms with Gasteiger partial charge in [0, 0.05) is 62.1 Å². The fourth-order valence-corrected chi connectivity index (χ4v) is 5.76. The second-order valence-electron chi connectivity index (χ2n) is 11.3. The predicted molar refractivity (Wildman–Crippen MR) is 161 cm³/mol. The number of amides is 2. The first-order valence-electron chi connectivity index (χ1n) is 14.8. The largest absolute Gasteiger partial charge is 0.497 e. The van der Waals surface area contributed by atoms with Crippen LogP contribution in [0.25, 0.3) is 0 Å². The Balaban J connectivity index is 1.03. The van der Waals surface area contributed by atoms with Gasteiger partial charge in [-0.2, -0.15) is 5.26 Å². The van der Waals surface area contributed by atoms with E-state index in [9.17, 15) is 14.4 Å². The topological polar surface area (TPSA) is 116 Å². The molecule has 2 aliphatic rings. The number of methoxy groups -OCH3 is 1. The van der Waals surface area contributed by atoms with Crippen LogP contribution in [0.1, 0.15) is 63.2 Å². The van der Waals surface area contributed by atoms with Gasteiger partial charge >= 0.3 is 0 Å². The van der Waals surface area contributed by atoms with Gasteiger partial charge in [-0.1, -0.05) is 12.1 Å². The fourth-order valence-electron chi connectivity index (χ4n) is 5.76. The van der Waals surface area contributed by atoms with Gasteiger partial charge < -0.3 is 15.0 Å². The number of nitriles is 1. The van der Waals surface area contributed by atoms with Gasteiger partial charge in [-0.15, -0.1) is 0 Å². The zero-order chi connectivity index (χ0) is 30.2. The maximum atomic E-state index is 12.9. The third kappa shape index (κ3) is 7.85. The Morgan fingerprint density at radius 2 is 1.58 bits per heavy atom. The first-order chi connectivity index (χ1) is 20.9. The van der Waals surface area contributed by atoms with E-state index in [-0.39, 0.29) is 36.0 Å². The number of ether oxygens (including phenoxy) is 1. The summed E-state index contributed by atoms with van der Waals surface area (Å²) in [6, 6.07) is 20.5. The van der Waals surface area contributed by atoms with Crippen molar-refractivity contribution >= 4 is 17.6 Å². The minimum absolute atomic E-state index is 0.0205. The van der Waals surface area contributed by atoms with Crippen LogP contribution in [0.15, 0.2) is 66.9 Å². The lowest BCUT2D eigenvalue weighted by atomic mass is 9.88. The number of carbonyl (C=O) groups excluding carboxylic acids is 3. The summed E-state index contributed by atoms with van der Waals surface area (Å²) in [5, 5.41) is 12.1. The molecule has 0 spiro atoms. The van der Waals surface area contributed by atoms with Gasteiger partial charge in [0.05, 0.1) is 30.7 Å². The van der Waals surface area contributed by atoms with E-state index in [0.29, 0.717) is 54.1 Å². The number of hydrogen-bond donors (Lipinski definition) is 1. The van der Waals surface area contributed by atoms with Crippen molar-refractivity contribution in [3.8, 4) is 11.8 Å². The lowest BCUT2D eigenvalue weighted by Crippen LogP contribution is -2.44. The number of benzene rings is 2. The van der Waals surface area contributed by atoms with Crippen LogP contribution in [0.2, 0.25) is 0 Å². The zero-order valence-electron chi connectivity index (χ0n) is 24.5. The van der Waals surface area contributed by atoms with Gasteiger partial charge in [-0.25, -0.2) is 0 Å². The molecular weight excluding hydrogens is 542 g/mol. The Bertz CT molecular complexity index is 1450. The standard InChI is InChI=1S/C34H37N5O4/c1-43-31-10-7-26(8-11-31)33(41)27-12-18-39(19-13-27)32(40)20-30-9-6-28(22-36-30)34(42)37-29-14-16-38(17-15-29)23-25-4-2-24(21-35)3-5-25/h2-11,22,27,29H,12-20,23H2,1H3,(H,37,42). The van der Waals surface area contributed by atoms with Crippen LogP contribution in [0.4, 0.5) is 0 Å². The molecule has 9 nitrogen and oxygen atoms in total. The summed E-state index contributed by atoms with van der Waals surface area (Å²) in [5.74, 6) is 0.558. The molecule has 0 bridgehead atoms. The molecule has 3 aromatic rings. The maximum absolute atomic E-state index is 12.9. The summed E-state index contributed by atoms with van der Waals surface area (Å²) >= 11 is 0. The predicted octanol–water partition coefficient (Wildman–Crippen LogP) is 4.02. The van der Waals surface area contributed by atoms with E-state index < -0.39 is 0 Å². The number of nitrogens with zero attached hydrogens (tertiary/aromatic N) is 4. The zero-order valence-corrected chi connectivity index (χ0v) is 24.5. The lowest BCUT2D eigenvalue weighted by Gasteiger charge is -2.32. The average molecular weight is 580 g/mol. The van der Waals surface area contributed by atoms with Gasteiger partial charge in [-0.05, 0) is 79.8 Å². The number of hydrogen-bond acceptors (Lipinski definition) is 7. The van der Waals surface area contributed by atoms with Crippen molar-refractivity contribution in [2.24, 2.45) is 5.92 Å². The molecule has 2 aliphatic heterocycles. The van der Waals surface area contributed by atoms with Gasteiger partial charge in [-0.3, -0.25) is 24.3 Å². The van der Waals surface area contributed by atoms with Crippen LogP contribution < -0.4 is 10.1 Å². The molecule has 0 radical (unpaired) electrons. The molecule has 0 saturated carbocycles. The number of nitrogens with one attached hydrogen (secondary N) is 1. The number of piperidine rings is 2. The van der Waals surface area contributed by atoms with Gasteiger partial charge in [0.1, 0.15) is 5.75 Å². The SMILES string of the molecule is COc1ccc(C(=O)C2CCN(C(=O)Cc3ccc(C(=O)NC4CCN(Cc5ccc(C#N)cc5)CC4)cn3)CC2)cc1. The number of carbonyl (C=O) groups is 3. The third-order valence-electron chi connectivity index (χ3n) is 8.42. The summed E-state index contributed by atoms with van der Waals surface area (Å²) in [7, 11) is 1.60. The fraction of sp³-hybridized carbons (Fsp3) is 0.382. The molecule has 2 fully saturated rings. The molecule has 222 valence electrons. The first kappa shape index (κ1) is 29.9. The summed E-state index contributed by atoms with van der Waals surface area (Å²) in [6.07, 6.45) is 4.71. The van der Waals surface area contributed by atoms with Crippen molar-refractivity contribution in [1.29, 1.82) is 5.26 Å². The first-order valence-corrected chi connectivity index (χ1v) is 14.8. The van der Waals surface area contributed by atoms with E-state index in [1.165, 1.54) is 11.8 Å². The molecule has 0 atom stereocenters. The molecular formula is C34H37N5O4. The van der Waals surface area contributed by atoms with Crippen LogP contribution >= 0.6 is 0 Å². The minimum atomic E-state index is -0.153. The third-order valence-corrected chi connectivity index (χ3v) is 8.42. The molecule has 2 aromatic carbocycles. The van der Waals surface area contributed by atoms with Crippen molar-refractivity contribution in [3.63, 3.8) is 0 Å². The van der Waals surface area contributed by atoms with Crippen molar-refractivity contribution in [3.05, 3.63) is 94.8 Å². The second kappa shape index (κ2) is 14.1. The van der Waals surface area contributed by atoms with Crippen LogP contribution in [0, 0.1) is 17.2 Å². The quantitative estimate of drug-likeness (QED) is 0.381. The second-order valence-corrected chi connectivity index (χ2v) is 11.3. The summed E-state index contributed by atoms with van der Waals surface area (Å²) in [4.78, 5) is 47.2. The minimum Gasteiger partial charge on any atom is -0.497 e. The van der Waals surface area contributed by atoms with E-state index in [0.717, 1.165) is 32.5 Å². The highest BCUT2D eigenvalue weighted by atomic mass is 16.5. The smallest absolute Gasteiger partial charge is 0.253 e. The molecule has 1 aromatic heterocycles. The van der Waals surface area contributed by atoms with Crippen LogP contribution in [-0.4, -0.2) is 71.7 Å². The Hall–Kier alpha value is -4.55. The molecule has 0 aliphatic carbocycles. The molecule has 2 amide bonds. The van der Waals surface area contributed by atoms with Gasteiger partial charge in [0.15, 0.2) is 5.78 Å². The Morgan fingerprint density at radius 1 is 0.907 bits per heavy atom. The Labute approximate surface area is 252 Å². The summed E-state index contributed by atoms with van der Waals surface area (Å²) < 4.78 is 5.17. The van der Waals surface area contributed by atoms with Gasteiger partial charge in [0.2, 0.25) is 5.91 Å². The number of aromatic nitrogens is 1. The van der Waals surface area contributed by atoms with Crippen LogP contribution in [0.3, 0.4) is 0 Å². The summed E-state index contributed by atoms with van der Waals surface area (Å²) in [5.41, 5.74) is 3.61. The van der Waals surface area contributed by atoms with E-state index >= 15 is 0 Å². The number of Topliss-reactive ketones (excluding diaryl/α,β-unsaturated/α-hetero) is 1. The maximum Gasteiger partial charge on any atom is 0.253 e. The average Bonchev–Trinajstić information content (AvgIpc) is 3.06. The number of pyridine rings is 1. The Morgan fingerprint density at radius 3 is 2.19 bits per heavy atom.